The summed E-state index contributed by atoms with van der Waals surface area (Å²) in [6.07, 6.45) is 7.51. The van der Waals surface area contributed by atoms with Crippen molar-refractivity contribution in [1.29, 1.82) is 0 Å². The van der Waals surface area contributed by atoms with Crippen LogP contribution in [0.15, 0.2) is 29.4 Å². The Hall–Kier alpha value is -1.63. The van der Waals surface area contributed by atoms with Crippen LogP contribution in [0.2, 0.25) is 0 Å². The molecule has 24 heavy (non-hydrogen) atoms. The van der Waals surface area contributed by atoms with Gasteiger partial charge in [-0.25, -0.2) is 4.98 Å². The van der Waals surface area contributed by atoms with Crippen LogP contribution in [0.4, 0.5) is 8.78 Å². The largest absolute Gasteiger partial charge is 0.435 e. The lowest BCUT2D eigenvalue weighted by molar-refractivity contribution is -0.0498. The van der Waals surface area contributed by atoms with E-state index in [1.54, 1.807) is 12.1 Å². The SMILES string of the molecule is FC(F)Oc1cccc(CSc2n[nH]c(CCC3CCCC3)n2)c1. The predicted octanol–water partition coefficient (Wildman–Crippen LogP) is 4.82. The van der Waals surface area contributed by atoms with Gasteiger partial charge in [-0.2, -0.15) is 8.78 Å². The Morgan fingerprint density at radius 2 is 2.12 bits per heavy atom. The average molecular weight is 353 g/mol. The minimum absolute atomic E-state index is 0.176. The fourth-order valence-electron chi connectivity index (χ4n) is 3.05. The Balaban J connectivity index is 1.48. The molecule has 1 N–H and O–H groups in total. The predicted molar refractivity (Wildman–Crippen MR) is 89.3 cm³/mol. The summed E-state index contributed by atoms with van der Waals surface area (Å²) < 4.78 is 28.9. The zero-order valence-electron chi connectivity index (χ0n) is 13.4. The molecular weight excluding hydrogens is 332 g/mol. The quantitative estimate of drug-likeness (QED) is 0.691. The number of H-pyrrole nitrogens is 1. The van der Waals surface area contributed by atoms with E-state index in [0.717, 1.165) is 23.7 Å². The maximum atomic E-state index is 12.2. The van der Waals surface area contributed by atoms with Crippen LogP contribution in [0.5, 0.6) is 5.75 Å². The summed E-state index contributed by atoms with van der Waals surface area (Å²) in [5.41, 5.74) is 0.899. The Kier molecular flexibility index (Phi) is 6.07. The molecule has 0 bridgehead atoms. The van der Waals surface area contributed by atoms with Crippen molar-refractivity contribution in [1.82, 2.24) is 15.2 Å². The van der Waals surface area contributed by atoms with Crippen molar-refractivity contribution in [2.24, 2.45) is 5.92 Å². The molecule has 1 fully saturated rings. The molecule has 2 aromatic rings. The summed E-state index contributed by atoms with van der Waals surface area (Å²) in [6, 6.07) is 6.72. The minimum Gasteiger partial charge on any atom is -0.435 e. The van der Waals surface area contributed by atoms with Crippen LogP contribution >= 0.6 is 11.8 Å². The first-order valence-electron chi connectivity index (χ1n) is 8.27. The van der Waals surface area contributed by atoms with Gasteiger partial charge in [-0.05, 0) is 30.0 Å². The van der Waals surface area contributed by atoms with E-state index in [9.17, 15) is 8.78 Å². The molecule has 130 valence electrons. The third-order valence-corrected chi connectivity index (χ3v) is 5.19. The first-order chi connectivity index (χ1) is 11.7. The van der Waals surface area contributed by atoms with E-state index < -0.39 is 6.61 Å². The third-order valence-electron chi connectivity index (χ3n) is 4.27. The van der Waals surface area contributed by atoms with Gasteiger partial charge in [0.15, 0.2) is 0 Å². The normalized spacial score (nSPS) is 15.3. The highest BCUT2D eigenvalue weighted by Gasteiger charge is 2.15. The number of halogens is 2. The molecule has 1 aliphatic rings. The lowest BCUT2D eigenvalue weighted by atomic mass is 10.0. The van der Waals surface area contributed by atoms with E-state index in [0.29, 0.717) is 10.9 Å². The van der Waals surface area contributed by atoms with Crippen LogP contribution in [0.3, 0.4) is 0 Å². The topological polar surface area (TPSA) is 50.8 Å². The fourth-order valence-corrected chi connectivity index (χ4v) is 3.81. The summed E-state index contributed by atoms with van der Waals surface area (Å²) in [5, 5.41) is 7.91. The maximum Gasteiger partial charge on any atom is 0.387 e. The Morgan fingerprint density at radius 1 is 1.29 bits per heavy atom. The standard InChI is InChI=1S/C17H21F2N3OS/c18-16(19)23-14-7-3-6-13(10-14)11-24-17-20-15(21-22-17)9-8-12-4-1-2-5-12/h3,6-7,10,12,16H,1-2,4-5,8-9,11H2,(H,20,21,22). The maximum absolute atomic E-state index is 12.2. The molecule has 0 amide bonds. The van der Waals surface area contributed by atoms with Gasteiger partial charge in [-0.15, -0.1) is 5.10 Å². The van der Waals surface area contributed by atoms with E-state index >= 15 is 0 Å². The second-order valence-corrected chi connectivity index (χ2v) is 7.01. The molecule has 0 saturated heterocycles. The van der Waals surface area contributed by atoms with Gasteiger partial charge in [0.05, 0.1) is 0 Å². The summed E-state index contributed by atoms with van der Waals surface area (Å²) in [6.45, 7) is -2.80. The summed E-state index contributed by atoms with van der Waals surface area (Å²) in [4.78, 5) is 4.50. The van der Waals surface area contributed by atoms with Gasteiger partial charge in [0.2, 0.25) is 5.16 Å². The van der Waals surface area contributed by atoms with Gasteiger partial charge in [-0.3, -0.25) is 5.10 Å². The van der Waals surface area contributed by atoms with E-state index in [4.69, 9.17) is 0 Å². The number of ether oxygens (including phenoxy) is 1. The monoisotopic (exact) mass is 353 g/mol. The Morgan fingerprint density at radius 3 is 2.92 bits per heavy atom. The second-order valence-electron chi connectivity index (χ2n) is 6.07. The molecule has 0 atom stereocenters. The van der Waals surface area contributed by atoms with Gasteiger partial charge >= 0.3 is 6.61 Å². The van der Waals surface area contributed by atoms with E-state index in [2.05, 4.69) is 19.9 Å². The average Bonchev–Trinajstić information content (AvgIpc) is 3.22. The number of hydrogen-bond acceptors (Lipinski definition) is 4. The molecule has 1 heterocycles. The highest BCUT2D eigenvalue weighted by Crippen LogP contribution is 2.28. The van der Waals surface area contributed by atoms with Gasteiger partial charge in [-0.1, -0.05) is 49.6 Å². The van der Waals surface area contributed by atoms with Crippen molar-refractivity contribution in [2.75, 3.05) is 0 Å². The van der Waals surface area contributed by atoms with Crippen molar-refractivity contribution < 1.29 is 13.5 Å². The van der Waals surface area contributed by atoms with Crippen molar-refractivity contribution in [3.05, 3.63) is 35.7 Å². The van der Waals surface area contributed by atoms with E-state index in [1.165, 1.54) is 49.9 Å². The molecule has 4 nitrogen and oxygen atoms in total. The number of hydrogen-bond donors (Lipinski definition) is 1. The smallest absolute Gasteiger partial charge is 0.387 e. The number of rotatable bonds is 8. The molecule has 1 aromatic heterocycles. The molecule has 7 heteroatoms. The number of nitrogens with one attached hydrogen (secondary N) is 1. The molecular formula is C17H21F2N3OS. The summed E-state index contributed by atoms with van der Waals surface area (Å²) >= 11 is 1.48. The molecule has 0 unspecified atom stereocenters. The van der Waals surface area contributed by atoms with E-state index in [1.807, 2.05) is 6.07 Å². The molecule has 0 radical (unpaired) electrons. The first kappa shape index (κ1) is 17.2. The van der Waals surface area contributed by atoms with Gasteiger partial charge in [0.25, 0.3) is 0 Å². The number of aryl methyl sites for hydroxylation is 1. The number of thioether (sulfide) groups is 1. The number of alkyl halides is 2. The van der Waals surface area contributed by atoms with Gasteiger partial charge in [0.1, 0.15) is 11.6 Å². The zero-order valence-corrected chi connectivity index (χ0v) is 14.2. The minimum atomic E-state index is -2.80. The van der Waals surface area contributed by atoms with Crippen LogP contribution in [-0.4, -0.2) is 21.8 Å². The van der Waals surface area contributed by atoms with Crippen LogP contribution in [-0.2, 0) is 12.2 Å². The van der Waals surface area contributed by atoms with Crippen LogP contribution in [0.25, 0.3) is 0 Å². The summed E-state index contributed by atoms with van der Waals surface area (Å²) in [7, 11) is 0. The Bertz CT molecular complexity index is 644. The Labute approximate surface area is 144 Å². The van der Waals surface area contributed by atoms with Crippen molar-refractivity contribution in [3.8, 4) is 5.75 Å². The number of aromatic nitrogens is 3. The van der Waals surface area contributed by atoms with Crippen LogP contribution in [0, 0.1) is 5.92 Å². The summed E-state index contributed by atoms with van der Waals surface area (Å²) in [5.74, 6) is 2.55. The third kappa shape index (κ3) is 5.19. The fraction of sp³-hybridized carbons (Fsp3) is 0.529. The molecule has 3 rings (SSSR count). The van der Waals surface area contributed by atoms with Crippen LogP contribution < -0.4 is 4.74 Å². The van der Waals surface area contributed by atoms with Gasteiger partial charge in [0, 0.05) is 12.2 Å². The molecule has 1 saturated carbocycles. The van der Waals surface area contributed by atoms with Crippen molar-refractivity contribution in [2.45, 2.75) is 56.0 Å². The van der Waals surface area contributed by atoms with Gasteiger partial charge < -0.3 is 4.74 Å². The number of benzene rings is 1. The lowest BCUT2D eigenvalue weighted by Gasteiger charge is -2.06. The molecule has 1 aliphatic carbocycles. The van der Waals surface area contributed by atoms with Crippen molar-refractivity contribution >= 4 is 11.8 Å². The number of aromatic amines is 1. The second kappa shape index (κ2) is 8.46. The molecule has 0 spiro atoms. The van der Waals surface area contributed by atoms with Crippen molar-refractivity contribution in [3.63, 3.8) is 0 Å². The van der Waals surface area contributed by atoms with E-state index in [-0.39, 0.29) is 5.75 Å². The van der Waals surface area contributed by atoms with Crippen LogP contribution in [0.1, 0.15) is 43.5 Å². The highest BCUT2D eigenvalue weighted by molar-refractivity contribution is 7.98. The molecule has 1 aromatic carbocycles. The lowest BCUT2D eigenvalue weighted by Crippen LogP contribution is -2.01. The first-order valence-corrected chi connectivity index (χ1v) is 9.25. The molecule has 0 aliphatic heterocycles. The number of nitrogens with zero attached hydrogens (tertiary/aromatic N) is 2. The highest BCUT2D eigenvalue weighted by atomic mass is 32.2. The zero-order chi connectivity index (χ0) is 16.8.